The Balaban J connectivity index is 1.60. The van der Waals surface area contributed by atoms with Gasteiger partial charge in [0, 0.05) is 44.4 Å². The van der Waals surface area contributed by atoms with E-state index in [-0.39, 0.29) is 24.8 Å². The van der Waals surface area contributed by atoms with Crippen LogP contribution in [0.1, 0.15) is 50.6 Å². The Labute approximate surface area is 148 Å². The molecule has 0 saturated carbocycles. The lowest BCUT2D eigenvalue weighted by Crippen LogP contribution is -2.53. The largest absolute Gasteiger partial charge is 0.394 e. The molecule has 2 aliphatic rings. The number of amides is 2. The highest BCUT2D eigenvalue weighted by molar-refractivity contribution is 5.80. The van der Waals surface area contributed by atoms with E-state index in [9.17, 15) is 14.7 Å². The van der Waals surface area contributed by atoms with Gasteiger partial charge in [0.2, 0.25) is 11.8 Å². The van der Waals surface area contributed by atoms with Gasteiger partial charge in [-0.15, -0.1) is 0 Å². The first-order valence-corrected chi connectivity index (χ1v) is 9.13. The molecule has 2 saturated heterocycles. The molecule has 6 heteroatoms. The van der Waals surface area contributed by atoms with Gasteiger partial charge >= 0.3 is 0 Å². The Hall–Kier alpha value is -1.95. The first-order chi connectivity index (χ1) is 12.1. The van der Waals surface area contributed by atoms with E-state index in [1.54, 1.807) is 4.90 Å². The van der Waals surface area contributed by atoms with Crippen molar-refractivity contribution in [1.82, 2.24) is 14.8 Å². The van der Waals surface area contributed by atoms with E-state index in [2.05, 4.69) is 4.98 Å². The second kappa shape index (κ2) is 7.52. The van der Waals surface area contributed by atoms with Crippen molar-refractivity contribution in [3.8, 4) is 0 Å². The predicted molar refractivity (Wildman–Crippen MR) is 93.8 cm³/mol. The Morgan fingerprint density at radius 1 is 1.28 bits per heavy atom. The van der Waals surface area contributed by atoms with Crippen LogP contribution in [0.5, 0.6) is 0 Å². The summed E-state index contributed by atoms with van der Waals surface area (Å²) < 4.78 is 0. The van der Waals surface area contributed by atoms with E-state index in [4.69, 9.17) is 0 Å². The molecular formula is C19H27N3O3. The zero-order chi connectivity index (χ0) is 17.9. The van der Waals surface area contributed by atoms with Gasteiger partial charge in [0.1, 0.15) is 0 Å². The monoisotopic (exact) mass is 345 g/mol. The molecular weight excluding hydrogens is 318 g/mol. The third-order valence-corrected chi connectivity index (χ3v) is 5.70. The lowest BCUT2D eigenvalue weighted by molar-refractivity contribution is -0.141. The van der Waals surface area contributed by atoms with Crippen LogP contribution in [0.25, 0.3) is 0 Å². The molecule has 0 aliphatic carbocycles. The van der Waals surface area contributed by atoms with E-state index < -0.39 is 5.54 Å². The summed E-state index contributed by atoms with van der Waals surface area (Å²) in [4.78, 5) is 32.6. The van der Waals surface area contributed by atoms with Crippen LogP contribution < -0.4 is 0 Å². The summed E-state index contributed by atoms with van der Waals surface area (Å²) in [7, 11) is 0. The van der Waals surface area contributed by atoms with Crippen molar-refractivity contribution in [1.29, 1.82) is 0 Å². The van der Waals surface area contributed by atoms with Crippen LogP contribution in [0.3, 0.4) is 0 Å². The zero-order valence-electron chi connectivity index (χ0n) is 14.9. The number of aliphatic hydroxyl groups is 1. The molecule has 0 radical (unpaired) electrons. The van der Waals surface area contributed by atoms with Crippen molar-refractivity contribution in [2.75, 3.05) is 26.2 Å². The molecule has 6 nitrogen and oxygen atoms in total. The van der Waals surface area contributed by atoms with Gasteiger partial charge in [-0.3, -0.25) is 14.6 Å². The lowest BCUT2D eigenvalue weighted by atomic mass is 9.89. The average Bonchev–Trinajstić information content (AvgIpc) is 3.07. The summed E-state index contributed by atoms with van der Waals surface area (Å²) in [5.41, 5.74) is 0.390. The van der Waals surface area contributed by atoms with Crippen molar-refractivity contribution >= 4 is 11.8 Å². The molecule has 0 spiro atoms. The molecule has 3 heterocycles. The molecule has 1 unspecified atom stereocenters. The zero-order valence-corrected chi connectivity index (χ0v) is 14.9. The van der Waals surface area contributed by atoms with Crippen LogP contribution in [-0.2, 0) is 9.59 Å². The minimum Gasteiger partial charge on any atom is -0.394 e. The van der Waals surface area contributed by atoms with Crippen molar-refractivity contribution < 1.29 is 14.7 Å². The van der Waals surface area contributed by atoms with Gasteiger partial charge in [-0.2, -0.15) is 0 Å². The number of likely N-dealkylation sites (tertiary alicyclic amines) is 2. The van der Waals surface area contributed by atoms with Crippen LogP contribution in [0.2, 0.25) is 0 Å². The van der Waals surface area contributed by atoms with Crippen LogP contribution in [-0.4, -0.2) is 63.5 Å². The van der Waals surface area contributed by atoms with Gasteiger partial charge in [-0.25, -0.2) is 0 Å². The number of hydrogen-bond donors (Lipinski definition) is 1. The Bertz CT molecular complexity index is 614. The molecule has 2 fully saturated rings. The minimum absolute atomic E-state index is 0.0432. The maximum atomic E-state index is 12.8. The molecule has 0 bridgehead atoms. The number of piperidine rings is 1. The molecule has 25 heavy (non-hydrogen) atoms. The van der Waals surface area contributed by atoms with Crippen LogP contribution in [0, 0.1) is 0 Å². The van der Waals surface area contributed by atoms with Gasteiger partial charge < -0.3 is 14.9 Å². The minimum atomic E-state index is -0.708. The van der Waals surface area contributed by atoms with E-state index >= 15 is 0 Å². The fraction of sp³-hybridized carbons (Fsp3) is 0.632. The lowest BCUT2D eigenvalue weighted by Gasteiger charge is -2.39. The first kappa shape index (κ1) is 17.9. The number of carbonyl (C=O) groups excluding carboxylic acids is 2. The standard InChI is InChI=1S/C19H27N3O3/c1-15(24)22-10-4-8-19(22,14-23)13-18(25)21-11-6-16(7-12-21)17-5-2-3-9-20-17/h2-3,5,9,16,23H,4,6-8,10-14H2,1H3. The summed E-state index contributed by atoms with van der Waals surface area (Å²) in [6, 6.07) is 5.96. The summed E-state index contributed by atoms with van der Waals surface area (Å²) in [6.07, 6.45) is 5.39. The van der Waals surface area contributed by atoms with Crippen LogP contribution in [0.15, 0.2) is 24.4 Å². The molecule has 136 valence electrons. The molecule has 1 aromatic heterocycles. The number of nitrogens with zero attached hydrogens (tertiary/aromatic N) is 3. The molecule has 1 atom stereocenters. The SMILES string of the molecule is CC(=O)N1CCCC1(CO)CC(=O)N1CCC(c2ccccn2)CC1. The summed E-state index contributed by atoms with van der Waals surface area (Å²) in [6.45, 7) is 3.41. The smallest absolute Gasteiger partial charge is 0.225 e. The first-order valence-electron chi connectivity index (χ1n) is 9.13. The second-order valence-electron chi connectivity index (χ2n) is 7.24. The van der Waals surface area contributed by atoms with Gasteiger partial charge in [0.15, 0.2) is 0 Å². The summed E-state index contributed by atoms with van der Waals surface area (Å²) in [5.74, 6) is 0.382. The van der Waals surface area contributed by atoms with Crippen LogP contribution >= 0.6 is 0 Å². The quantitative estimate of drug-likeness (QED) is 0.898. The predicted octanol–water partition coefficient (Wildman–Crippen LogP) is 1.55. The third kappa shape index (κ3) is 3.68. The fourth-order valence-electron chi connectivity index (χ4n) is 4.27. The number of pyridine rings is 1. The second-order valence-corrected chi connectivity index (χ2v) is 7.24. The molecule has 2 aliphatic heterocycles. The number of rotatable bonds is 4. The molecule has 1 N–H and O–H groups in total. The van der Waals surface area contributed by atoms with Gasteiger partial charge in [-0.05, 0) is 37.8 Å². The molecule has 2 amide bonds. The topological polar surface area (TPSA) is 73.7 Å². The Kier molecular flexibility index (Phi) is 5.37. The van der Waals surface area contributed by atoms with Crippen molar-refractivity contribution in [3.05, 3.63) is 30.1 Å². The highest BCUT2D eigenvalue weighted by atomic mass is 16.3. The van der Waals surface area contributed by atoms with Gasteiger partial charge in [0.05, 0.1) is 18.6 Å². The van der Waals surface area contributed by atoms with Crippen LogP contribution in [0.4, 0.5) is 0 Å². The average molecular weight is 345 g/mol. The van der Waals surface area contributed by atoms with Crippen molar-refractivity contribution in [3.63, 3.8) is 0 Å². The normalized spacial score (nSPS) is 24.6. The maximum Gasteiger partial charge on any atom is 0.225 e. The number of aromatic nitrogens is 1. The van der Waals surface area contributed by atoms with E-state index in [1.165, 1.54) is 6.92 Å². The van der Waals surface area contributed by atoms with E-state index in [0.717, 1.165) is 25.0 Å². The molecule has 1 aromatic rings. The van der Waals surface area contributed by atoms with Gasteiger partial charge in [-0.1, -0.05) is 6.07 Å². The van der Waals surface area contributed by atoms with Gasteiger partial charge in [0.25, 0.3) is 0 Å². The van der Waals surface area contributed by atoms with Crippen molar-refractivity contribution in [2.45, 2.75) is 50.5 Å². The highest BCUT2D eigenvalue weighted by Crippen LogP contribution is 2.34. The maximum absolute atomic E-state index is 12.8. The van der Waals surface area contributed by atoms with E-state index in [1.807, 2.05) is 29.3 Å². The van der Waals surface area contributed by atoms with E-state index in [0.29, 0.717) is 32.0 Å². The Morgan fingerprint density at radius 2 is 2.04 bits per heavy atom. The number of carbonyl (C=O) groups is 2. The molecule has 0 aromatic carbocycles. The fourth-order valence-corrected chi connectivity index (χ4v) is 4.27. The number of aliphatic hydroxyl groups excluding tert-OH is 1. The summed E-state index contributed by atoms with van der Waals surface area (Å²) in [5, 5.41) is 9.90. The third-order valence-electron chi connectivity index (χ3n) is 5.70. The highest BCUT2D eigenvalue weighted by Gasteiger charge is 2.44. The molecule has 3 rings (SSSR count). The van der Waals surface area contributed by atoms with Crippen molar-refractivity contribution in [2.24, 2.45) is 0 Å². The number of hydrogen-bond acceptors (Lipinski definition) is 4. The Morgan fingerprint density at radius 3 is 2.64 bits per heavy atom. The summed E-state index contributed by atoms with van der Waals surface area (Å²) >= 11 is 0.